The Morgan fingerprint density at radius 1 is 0.761 bits per heavy atom. The molecule has 46 heavy (non-hydrogen) atoms. The second-order valence-corrected chi connectivity index (χ2v) is 9.74. The number of ether oxygens (including phenoxy) is 6. The quantitative estimate of drug-likeness (QED) is 0.138. The molecule has 244 valence electrons. The molecule has 0 saturated heterocycles. The second-order valence-electron chi connectivity index (χ2n) is 9.74. The Morgan fingerprint density at radius 3 is 2.00 bits per heavy atom. The van der Waals surface area contributed by atoms with Crippen molar-refractivity contribution in [3.63, 3.8) is 0 Å². The van der Waals surface area contributed by atoms with Crippen LogP contribution in [0.1, 0.15) is 13.8 Å². The van der Waals surface area contributed by atoms with Gasteiger partial charge in [-0.15, -0.1) is 10.2 Å². The third-order valence-corrected chi connectivity index (χ3v) is 6.57. The molecular weight excluding hydrogens is 594 g/mol. The average Bonchev–Trinajstić information content (AvgIpc) is 3.59. The van der Waals surface area contributed by atoms with E-state index in [2.05, 4.69) is 20.5 Å². The van der Waals surface area contributed by atoms with Crippen LogP contribution in [0, 0.1) is 5.41 Å². The van der Waals surface area contributed by atoms with Crippen molar-refractivity contribution >= 4 is 39.8 Å². The number of hydrogen-bond donors (Lipinski definition) is 3. The fraction of sp³-hybridized carbons (Fsp3) is 0.387. The van der Waals surface area contributed by atoms with E-state index in [4.69, 9.17) is 44.6 Å². The van der Waals surface area contributed by atoms with E-state index in [1.807, 2.05) is 56.4 Å². The lowest BCUT2D eigenvalue weighted by Crippen LogP contribution is -2.29. The zero-order valence-electron chi connectivity index (χ0n) is 26.0. The lowest BCUT2D eigenvalue weighted by Gasteiger charge is -2.15. The van der Waals surface area contributed by atoms with E-state index >= 15 is 0 Å². The summed E-state index contributed by atoms with van der Waals surface area (Å²) in [4.78, 5) is 9.41. The van der Waals surface area contributed by atoms with Crippen LogP contribution < -0.4 is 20.5 Å². The third-order valence-electron chi connectivity index (χ3n) is 6.57. The normalized spacial score (nSPS) is 14.2. The SMILES string of the molecule is CCOCCOCCOc1nn2ccccc2c1N=C1N=C(Nc2c(OCCOCCOCC)nn3ccccc23)C(=N)C=C1N. The zero-order chi connectivity index (χ0) is 32.1. The molecule has 5 heterocycles. The number of nitrogens with two attached hydrogens (primary N) is 1. The summed E-state index contributed by atoms with van der Waals surface area (Å²) in [6.07, 6.45) is 5.10. The van der Waals surface area contributed by atoms with E-state index in [0.29, 0.717) is 81.5 Å². The molecule has 5 rings (SSSR count). The van der Waals surface area contributed by atoms with Crippen LogP contribution in [-0.4, -0.2) is 103 Å². The van der Waals surface area contributed by atoms with Gasteiger partial charge in [0.05, 0.1) is 62.1 Å². The molecule has 1 aliphatic heterocycles. The van der Waals surface area contributed by atoms with Crippen molar-refractivity contribution in [3.05, 3.63) is 60.6 Å². The van der Waals surface area contributed by atoms with E-state index in [-0.39, 0.29) is 36.3 Å². The highest BCUT2D eigenvalue weighted by Gasteiger charge is 2.23. The summed E-state index contributed by atoms with van der Waals surface area (Å²) in [5, 5.41) is 21.0. The molecule has 4 N–H and O–H groups in total. The van der Waals surface area contributed by atoms with Crippen LogP contribution in [-0.2, 0) is 18.9 Å². The number of fused-ring (bicyclic) bond motifs is 2. The summed E-state index contributed by atoms with van der Waals surface area (Å²) in [6, 6.07) is 11.2. The molecule has 0 unspecified atom stereocenters. The lowest BCUT2D eigenvalue weighted by molar-refractivity contribution is 0.0399. The highest BCUT2D eigenvalue weighted by molar-refractivity contribution is 6.52. The Morgan fingerprint density at radius 2 is 1.33 bits per heavy atom. The Kier molecular flexibility index (Phi) is 11.7. The molecule has 0 amide bonds. The molecule has 1 aliphatic rings. The van der Waals surface area contributed by atoms with E-state index in [0.717, 1.165) is 5.52 Å². The Hall–Kier alpha value is -4.83. The van der Waals surface area contributed by atoms with Gasteiger partial charge in [0.15, 0.2) is 17.4 Å². The van der Waals surface area contributed by atoms with Crippen LogP contribution in [0.5, 0.6) is 11.8 Å². The number of hydrogen-bond acceptors (Lipinski definition) is 12. The maximum atomic E-state index is 8.62. The predicted molar refractivity (Wildman–Crippen MR) is 174 cm³/mol. The van der Waals surface area contributed by atoms with Gasteiger partial charge in [0.1, 0.15) is 18.9 Å². The molecule has 0 atom stereocenters. The summed E-state index contributed by atoms with van der Waals surface area (Å²) in [5.41, 5.74) is 9.03. The summed E-state index contributed by atoms with van der Waals surface area (Å²) in [7, 11) is 0. The zero-order valence-corrected chi connectivity index (χ0v) is 26.0. The minimum Gasteiger partial charge on any atom is -0.473 e. The first-order valence-electron chi connectivity index (χ1n) is 15.1. The number of dihydropyridines is 1. The van der Waals surface area contributed by atoms with Gasteiger partial charge in [-0.05, 0) is 44.2 Å². The Labute approximate surface area is 266 Å². The smallest absolute Gasteiger partial charge is 0.260 e. The molecule has 0 aliphatic carbocycles. The van der Waals surface area contributed by atoms with Gasteiger partial charge in [-0.2, -0.15) is 0 Å². The van der Waals surface area contributed by atoms with Crippen molar-refractivity contribution in [3.8, 4) is 11.8 Å². The molecule has 15 heteroatoms. The first-order valence-corrected chi connectivity index (χ1v) is 15.1. The first kappa shape index (κ1) is 32.6. The number of aromatic nitrogens is 4. The fourth-order valence-corrected chi connectivity index (χ4v) is 4.41. The van der Waals surface area contributed by atoms with Gasteiger partial charge in [-0.3, -0.25) is 5.41 Å². The van der Waals surface area contributed by atoms with Crippen molar-refractivity contribution in [2.45, 2.75) is 13.8 Å². The standard InChI is InChI=1S/C31H39N9O6/c1-3-41-13-15-43-17-19-45-30-26(24-9-5-7-11-39(24)37-30)34-28-22(32)21-23(33)29(36-28)35-27-25-10-6-8-12-40(25)38-31(27)46-20-18-44-16-14-42-4-2/h5-12,21,32H,3-4,13-20,33H2,1-2H3,(H,34,35,36). The summed E-state index contributed by atoms with van der Waals surface area (Å²) in [5.74, 6) is 1.04. The molecule has 0 saturated carbocycles. The number of anilines is 1. The number of nitrogens with zero attached hydrogens (tertiary/aromatic N) is 6. The number of nitrogens with one attached hydrogen (secondary N) is 2. The van der Waals surface area contributed by atoms with Gasteiger partial charge < -0.3 is 39.5 Å². The van der Waals surface area contributed by atoms with Crippen LogP contribution in [0.4, 0.5) is 11.4 Å². The third kappa shape index (κ3) is 8.25. The number of pyridine rings is 2. The predicted octanol–water partition coefficient (Wildman–Crippen LogP) is 3.26. The molecule has 4 aromatic heterocycles. The minimum atomic E-state index is 0.0671. The highest BCUT2D eigenvalue weighted by atomic mass is 16.6. The van der Waals surface area contributed by atoms with E-state index in [1.165, 1.54) is 6.08 Å². The molecule has 0 aromatic carbocycles. The van der Waals surface area contributed by atoms with Gasteiger partial charge in [0.25, 0.3) is 11.8 Å². The van der Waals surface area contributed by atoms with E-state index < -0.39 is 0 Å². The van der Waals surface area contributed by atoms with Gasteiger partial charge in [-0.1, -0.05) is 12.1 Å². The second kappa shape index (κ2) is 16.5. The van der Waals surface area contributed by atoms with E-state index in [1.54, 1.807) is 15.2 Å². The van der Waals surface area contributed by atoms with Crippen LogP contribution in [0.25, 0.3) is 11.0 Å². The van der Waals surface area contributed by atoms with Crippen LogP contribution in [0.2, 0.25) is 0 Å². The van der Waals surface area contributed by atoms with Crippen molar-refractivity contribution in [1.29, 1.82) is 5.41 Å². The minimum absolute atomic E-state index is 0.0671. The molecule has 0 bridgehead atoms. The van der Waals surface area contributed by atoms with E-state index in [9.17, 15) is 0 Å². The van der Waals surface area contributed by atoms with Crippen molar-refractivity contribution < 1.29 is 28.4 Å². The summed E-state index contributed by atoms with van der Waals surface area (Å²) < 4.78 is 37.0. The number of aliphatic imine (C=N–C) groups is 2. The average molecular weight is 634 g/mol. The maximum Gasteiger partial charge on any atom is 0.260 e. The van der Waals surface area contributed by atoms with Gasteiger partial charge in [0.2, 0.25) is 0 Å². The van der Waals surface area contributed by atoms with Crippen LogP contribution in [0.3, 0.4) is 0 Å². The van der Waals surface area contributed by atoms with Gasteiger partial charge >= 0.3 is 0 Å². The van der Waals surface area contributed by atoms with Crippen molar-refractivity contribution in [1.82, 2.24) is 19.2 Å². The first-order chi connectivity index (χ1) is 22.6. The lowest BCUT2D eigenvalue weighted by atomic mass is 10.2. The molecule has 0 spiro atoms. The number of amidine groups is 2. The molecule has 15 nitrogen and oxygen atoms in total. The molecule has 4 aromatic rings. The van der Waals surface area contributed by atoms with Crippen molar-refractivity contribution in [2.24, 2.45) is 15.7 Å². The maximum absolute atomic E-state index is 8.62. The van der Waals surface area contributed by atoms with Gasteiger partial charge in [0, 0.05) is 25.6 Å². The fourth-order valence-electron chi connectivity index (χ4n) is 4.41. The monoisotopic (exact) mass is 633 g/mol. The Bertz CT molecular complexity index is 1710. The van der Waals surface area contributed by atoms with Crippen molar-refractivity contribution in [2.75, 3.05) is 71.4 Å². The van der Waals surface area contributed by atoms with Crippen LogP contribution >= 0.6 is 0 Å². The summed E-state index contributed by atoms with van der Waals surface area (Å²) >= 11 is 0. The molecule has 0 radical (unpaired) electrons. The Balaban J connectivity index is 1.36. The largest absolute Gasteiger partial charge is 0.473 e. The van der Waals surface area contributed by atoms with Crippen LogP contribution in [0.15, 0.2) is 70.5 Å². The number of rotatable bonds is 18. The van der Waals surface area contributed by atoms with Gasteiger partial charge in [-0.25, -0.2) is 19.0 Å². The summed E-state index contributed by atoms with van der Waals surface area (Å²) in [6.45, 7) is 8.37. The highest BCUT2D eigenvalue weighted by Crippen LogP contribution is 2.33. The molecular formula is C31H39N9O6. The topological polar surface area (TPSA) is 177 Å². The molecule has 0 fully saturated rings.